The first kappa shape index (κ1) is 23.9. The number of aliphatic hydroxyl groups is 2. The van der Waals surface area contributed by atoms with Crippen LogP contribution >= 0.6 is 0 Å². The van der Waals surface area contributed by atoms with Gasteiger partial charge in [-0.3, -0.25) is 0 Å². The maximum Gasteiger partial charge on any atom is 0.239 e. The van der Waals surface area contributed by atoms with Crippen LogP contribution in [0.5, 0.6) is 0 Å². The monoisotopic (exact) mass is 449 g/mol. The van der Waals surface area contributed by atoms with Crippen molar-refractivity contribution in [3.05, 3.63) is 71.0 Å². The molecule has 0 radical (unpaired) electrons. The number of nitrogens with zero attached hydrogens (tertiary/aromatic N) is 1. The highest BCUT2D eigenvalue weighted by atomic mass is 32.2. The molecule has 0 amide bonds. The average Bonchev–Trinajstić information content (AvgIpc) is 3.12. The zero-order valence-electron chi connectivity index (χ0n) is 18.0. The summed E-state index contributed by atoms with van der Waals surface area (Å²) in [4.78, 5) is 0.238. The highest BCUT2D eigenvalue weighted by Crippen LogP contribution is 2.41. The zero-order valence-corrected chi connectivity index (χ0v) is 18.8. The summed E-state index contributed by atoms with van der Waals surface area (Å²) >= 11 is 0. The number of allylic oxidation sites excluding steroid dienone is 9. The van der Waals surface area contributed by atoms with Gasteiger partial charge in [-0.1, -0.05) is 43.9 Å². The number of aliphatic hydroxyl groups excluding tert-OH is 1. The third-order valence-corrected chi connectivity index (χ3v) is 8.35. The van der Waals surface area contributed by atoms with Gasteiger partial charge in [-0.25, -0.2) is 12.8 Å². The van der Waals surface area contributed by atoms with E-state index in [1.807, 2.05) is 25.2 Å². The van der Waals surface area contributed by atoms with Gasteiger partial charge >= 0.3 is 0 Å². The van der Waals surface area contributed by atoms with Crippen molar-refractivity contribution in [3.63, 3.8) is 0 Å². The Balaban J connectivity index is 1.86. The summed E-state index contributed by atoms with van der Waals surface area (Å²) in [6.45, 7) is 5.85. The summed E-state index contributed by atoms with van der Waals surface area (Å²) < 4.78 is 43.2. The first-order valence-electron chi connectivity index (χ1n) is 10.9. The SMILES string of the molecule is C=C/C=C(\CC(C)C1=C(F)C=CCC1)S(=O)(=O)N1CC(CCC(O)O)C2=CC=CCC21. The lowest BCUT2D eigenvalue weighted by molar-refractivity contribution is -0.0479. The Morgan fingerprint density at radius 3 is 2.84 bits per heavy atom. The molecule has 3 unspecified atom stereocenters. The van der Waals surface area contributed by atoms with E-state index in [1.54, 1.807) is 6.08 Å². The van der Waals surface area contributed by atoms with Crippen molar-refractivity contribution in [2.24, 2.45) is 11.8 Å². The fraction of sp³-hybridized carbons (Fsp3) is 0.500. The lowest BCUT2D eigenvalue weighted by Gasteiger charge is -2.27. The molecular formula is C24H32FNO4S. The molecule has 1 saturated heterocycles. The van der Waals surface area contributed by atoms with Crippen LogP contribution in [0.2, 0.25) is 0 Å². The van der Waals surface area contributed by atoms with Gasteiger partial charge in [-0.2, -0.15) is 4.31 Å². The van der Waals surface area contributed by atoms with Crippen LogP contribution in [0.3, 0.4) is 0 Å². The van der Waals surface area contributed by atoms with Crippen LogP contribution in [-0.4, -0.2) is 41.8 Å². The zero-order chi connectivity index (χ0) is 22.6. The first-order valence-corrected chi connectivity index (χ1v) is 12.3. The summed E-state index contributed by atoms with van der Waals surface area (Å²) in [6.07, 6.45) is 13.5. The highest BCUT2D eigenvalue weighted by molar-refractivity contribution is 7.93. The van der Waals surface area contributed by atoms with Gasteiger partial charge < -0.3 is 10.2 Å². The summed E-state index contributed by atoms with van der Waals surface area (Å²) in [6, 6.07) is -0.270. The van der Waals surface area contributed by atoms with Crippen molar-refractivity contribution in [3.8, 4) is 0 Å². The maximum absolute atomic E-state index is 14.3. The second-order valence-electron chi connectivity index (χ2n) is 8.46. The van der Waals surface area contributed by atoms with Crippen molar-refractivity contribution in [1.29, 1.82) is 0 Å². The van der Waals surface area contributed by atoms with E-state index in [0.717, 1.165) is 12.0 Å². The molecule has 3 atom stereocenters. The molecule has 3 aliphatic rings. The number of hydrogen-bond acceptors (Lipinski definition) is 4. The molecule has 0 spiro atoms. The summed E-state index contributed by atoms with van der Waals surface area (Å²) in [7, 11) is -3.80. The van der Waals surface area contributed by atoms with Crippen LogP contribution in [0.4, 0.5) is 4.39 Å². The molecular weight excluding hydrogens is 417 g/mol. The van der Waals surface area contributed by atoms with Gasteiger partial charge in [0.25, 0.3) is 0 Å². The third kappa shape index (κ3) is 5.34. The van der Waals surface area contributed by atoms with Gasteiger partial charge in [0.1, 0.15) is 5.83 Å². The number of halogens is 1. The molecule has 170 valence electrons. The summed E-state index contributed by atoms with van der Waals surface area (Å²) in [5, 5.41) is 18.5. The Kier molecular flexibility index (Phi) is 7.86. The second-order valence-corrected chi connectivity index (χ2v) is 10.4. The standard InChI is InChI=1S/C24H32FNO4S/c1-3-8-19(15-17(2)20-9-4-6-11-22(20)25)31(29,30)26-16-18(13-14-24(27)28)21-10-5-7-12-23(21)26/h3,5-8,10-11,17-18,23-24,27-28H,1,4,9,12-16H2,2H3/b19-8+. The maximum atomic E-state index is 14.3. The molecule has 0 aromatic rings. The predicted molar refractivity (Wildman–Crippen MR) is 121 cm³/mol. The molecule has 7 heteroatoms. The molecule has 0 aromatic carbocycles. The molecule has 5 nitrogen and oxygen atoms in total. The fourth-order valence-electron chi connectivity index (χ4n) is 4.75. The van der Waals surface area contributed by atoms with Crippen LogP contribution in [0.1, 0.15) is 45.4 Å². The Bertz CT molecular complexity index is 943. The van der Waals surface area contributed by atoms with Crippen LogP contribution in [-0.2, 0) is 10.0 Å². The second kappa shape index (κ2) is 10.2. The van der Waals surface area contributed by atoms with Crippen LogP contribution in [0, 0.1) is 11.8 Å². The van der Waals surface area contributed by atoms with Crippen molar-refractivity contribution in [1.82, 2.24) is 4.31 Å². The minimum absolute atomic E-state index is 0.0578. The molecule has 31 heavy (non-hydrogen) atoms. The Hall–Kier alpha value is -1.80. The number of rotatable bonds is 9. The van der Waals surface area contributed by atoms with Crippen LogP contribution < -0.4 is 0 Å². The van der Waals surface area contributed by atoms with Gasteiger partial charge in [-0.15, -0.1) is 0 Å². The van der Waals surface area contributed by atoms with Gasteiger partial charge in [0, 0.05) is 6.54 Å². The smallest absolute Gasteiger partial charge is 0.239 e. The van der Waals surface area contributed by atoms with Crippen molar-refractivity contribution < 1.29 is 23.0 Å². The number of hydrogen-bond donors (Lipinski definition) is 2. The number of fused-ring (bicyclic) bond motifs is 1. The molecule has 3 rings (SSSR count). The van der Waals surface area contributed by atoms with Crippen molar-refractivity contribution >= 4 is 10.0 Å². The largest absolute Gasteiger partial charge is 0.368 e. The molecule has 1 heterocycles. The Morgan fingerprint density at radius 2 is 2.16 bits per heavy atom. The molecule has 0 saturated carbocycles. The lowest BCUT2D eigenvalue weighted by atomic mass is 9.89. The van der Waals surface area contributed by atoms with E-state index in [1.165, 1.54) is 22.5 Å². The van der Waals surface area contributed by atoms with E-state index in [-0.39, 0.29) is 41.5 Å². The van der Waals surface area contributed by atoms with Gasteiger partial charge in [-0.05, 0) is 73.7 Å². The quantitative estimate of drug-likeness (QED) is 0.407. The van der Waals surface area contributed by atoms with E-state index < -0.39 is 16.3 Å². The van der Waals surface area contributed by atoms with Crippen LogP contribution in [0.15, 0.2) is 71.0 Å². The molecule has 0 bridgehead atoms. The van der Waals surface area contributed by atoms with Gasteiger partial charge in [0.05, 0.1) is 10.9 Å². The lowest BCUT2D eigenvalue weighted by Crippen LogP contribution is -2.37. The van der Waals surface area contributed by atoms with Crippen molar-refractivity contribution in [2.75, 3.05) is 6.54 Å². The van der Waals surface area contributed by atoms with Gasteiger partial charge in [0.15, 0.2) is 6.29 Å². The Labute approximate surface area is 184 Å². The van der Waals surface area contributed by atoms with E-state index in [9.17, 15) is 23.0 Å². The summed E-state index contributed by atoms with van der Waals surface area (Å²) in [5.41, 5.74) is 1.67. The average molecular weight is 450 g/mol. The first-order chi connectivity index (χ1) is 14.8. The van der Waals surface area contributed by atoms with Gasteiger partial charge in [0.2, 0.25) is 10.0 Å². The fourth-order valence-corrected chi connectivity index (χ4v) is 6.70. The van der Waals surface area contributed by atoms with E-state index in [0.29, 0.717) is 31.4 Å². The molecule has 0 aromatic heterocycles. The minimum atomic E-state index is -3.80. The third-order valence-electron chi connectivity index (χ3n) is 6.36. The van der Waals surface area contributed by atoms with E-state index >= 15 is 0 Å². The topological polar surface area (TPSA) is 77.8 Å². The van der Waals surface area contributed by atoms with Crippen molar-refractivity contribution in [2.45, 2.75) is 57.8 Å². The molecule has 2 aliphatic carbocycles. The minimum Gasteiger partial charge on any atom is -0.368 e. The molecule has 1 aliphatic heterocycles. The number of sulfonamides is 1. The summed E-state index contributed by atoms with van der Waals surface area (Å²) in [5.74, 6) is -0.562. The molecule has 2 N–H and O–H groups in total. The molecule has 1 fully saturated rings. The van der Waals surface area contributed by atoms with Crippen LogP contribution in [0.25, 0.3) is 0 Å². The Morgan fingerprint density at radius 1 is 1.39 bits per heavy atom. The predicted octanol–water partition coefficient (Wildman–Crippen LogP) is 4.26. The normalized spacial score (nSPS) is 25.7. The van der Waals surface area contributed by atoms with E-state index in [2.05, 4.69) is 6.58 Å². The highest BCUT2D eigenvalue weighted by Gasteiger charge is 2.44. The van der Waals surface area contributed by atoms with E-state index in [4.69, 9.17) is 0 Å².